The van der Waals surface area contributed by atoms with Crippen molar-refractivity contribution in [2.75, 3.05) is 31.1 Å². The molecule has 0 aromatic heterocycles. The highest BCUT2D eigenvalue weighted by Crippen LogP contribution is 2.25. The smallest absolute Gasteiger partial charge is 0.243 e. The van der Waals surface area contributed by atoms with Crippen LogP contribution in [0.5, 0.6) is 0 Å². The number of carbonyl (C=O) groups excluding carboxylic acids is 1. The Morgan fingerprint density at radius 3 is 2.36 bits per heavy atom. The summed E-state index contributed by atoms with van der Waals surface area (Å²) in [7, 11) is -3.86. The van der Waals surface area contributed by atoms with Crippen LogP contribution in [0.2, 0.25) is 5.02 Å². The Balaban J connectivity index is 1.53. The van der Waals surface area contributed by atoms with Gasteiger partial charge in [-0.3, -0.25) is 4.79 Å². The minimum atomic E-state index is -3.86. The molecule has 0 amide bonds. The Labute approximate surface area is 198 Å². The van der Waals surface area contributed by atoms with Crippen LogP contribution < -0.4 is 4.90 Å². The standard InChI is InChI=1S/C25H24ClFN2O3S/c1-18-19(6-5-9-23(18)26)16-25(30)22-17-21(10-11-24(22)27)33(31,32)29-14-12-28(13-15-29)20-7-3-2-4-8-20/h2-11,17H,12-16H2,1H3. The number of rotatable bonds is 6. The fraction of sp³-hybridized carbons (Fsp3) is 0.240. The van der Waals surface area contributed by atoms with E-state index in [0.29, 0.717) is 36.8 Å². The maximum Gasteiger partial charge on any atom is 0.243 e. The fourth-order valence-corrected chi connectivity index (χ4v) is 5.61. The first kappa shape index (κ1) is 23.4. The summed E-state index contributed by atoms with van der Waals surface area (Å²) in [4.78, 5) is 14.9. The zero-order valence-electron chi connectivity index (χ0n) is 18.2. The van der Waals surface area contributed by atoms with Gasteiger partial charge in [-0.25, -0.2) is 12.8 Å². The van der Waals surface area contributed by atoms with Gasteiger partial charge in [-0.1, -0.05) is 41.9 Å². The molecular formula is C25H24ClFN2O3S. The summed E-state index contributed by atoms with van der Waals surface area (Å²) in [5.41, 5.74) is 2.23. The van der Waals surface area contributed by atoms with Gasteiger partial charge in [-0.05, 0) is 54.4 Å². The quantitative estimate of drug-likeness (QED) is 0.473. The minimum Gasteiger partial charge on any atom is -0.369 e. The molecule has 3 aromatic rings. The number of hydrogen-bond donors (Lipinski definition) is 0. The van der Waals surface area contributed by atoms with E-state index in [0.717, 1.165) is 23.4 Å². The number of nitrogens with zero attached hydrogens (tertiary/aromatic N) is 2. The van der Waals surface area contributed by atoms with Crippen LogP contribution in [0.15, 0.2) is 71.6 Å². The molecule has 0 atom stereocenters. The van der Waals surface area contributed by atoms with E-state index in [4.69, 9.17) is 11.6 Å². The average Bonchev–Trinajstić information content (AvgIpc) is 2.83. The topological polar surface area (TPSA) is 57.7 Å². The summed E-state index contributed by atoms with van der Waals surface area (Å²) in [6.45, 7) is 3.49. The van der Waals surface area contributed by atoms with Crippen LogP contribution in [0.1, 0.15) is 21.5 Å². The molecule has 0 spiro atoms. The third kappa shape index (κ3) is 4.95. The van der Waals surface area contributed by atoms with E-state index in [9.17, 15) is 17.6 Å². The molecule has 0 aliphatic carbocycles. The molecular weight excluding hydrogens is 463 g/mol. The molecule has 1 aliphatic rings. The molecule has 33 heavy (non-hydrogen) atoms. The summed E-state index contributed by atoms with van der Waals surface area (Å²) in [5, 5.41) is 0.520. The molecule has 3 aromatic carbocycles. The van der Waals surface area contributed by atoms with Crippen LogP contribution in [0.25, 0.3) is 0 Å². The lowest BCUT2D eigenvalue weighted by atomic mass is 9.99. The van der Waals surface area contributed by atoms with E-state index in [2.05, 4.69) is 4.90 Å². The molecule has 1 fully saturated rings. The summed E-state index contributed by atoms with van der Waals surface area (Å²) < 4.78 is 42.4. The van der Waals surface area contributed by atoms with Crippen molar-refractivity contribution in [2.45, 2.75) is 18.2 Å². The van der Waals surface area contributed by atoms with Crippen LogP contribution in [0.3, 0.4) is 0 Å². The molecule has 1 saturated heterocycles. The van der Waals surface area contributed by atoms with Crippen molar-refractivity contribution in [2.24, 2.45) is 0 Å². The molecule has 0 unspecified atom stereocenters. The lowest BCUT2D eigenvalue weighted by Gasteiger charge is -2.35. The Kier molecular flexibility index (Phi) is 6.83. The van der Waals surface area contributed by atoms with Crippen LogP contribution in [-0.4, -0.2) is 44.7 Å². The number of sulfonamides is 1. The molecule has 0 N–H and O–H groups in total. The first-order chi connectivity index (χ1) is 15.8. The first-order valence-corrected chi connectivity index (χ1v) is 12.5. The van der Waals surface area contributed by atoms with Gasteiger partial charge in [0.1, 0.15) is 5.82 Å². The molecule has 172 valence electrons. The van der Waals surface area contributed by atoms with Crippen LogP contribution >= 0.6 is 11.6 Å². The second-order valence-corrected chi connectivity index (χ2v) is 10.3. The number of anilines is 1. The van der Waals surface area contributed by atoms with E-state index < -0.39 is 21.6 Å². The normalized spacial score (nSPS) is 14.9. The highest BCUT2D eigenvalue weighted by atomic mass is 35.5. The minimum absolute atomic E-state index is 0.0669. The number of Topliss-reactive ketones (excluding diaryl/α,β-unsaturated/α-hetero) is 1. The van der Waals surface area contributed by atoms with Gasteiger partial charge in [-0.2, -0.15) is 4.31 Å². The van der Waals surface area contributed by atoms with Gasteiger partial charge in [-0.15, -0.1) is 0 Å². The Morgan fingerprint density at radius 2 is 1.67 bits per heavy atom. The maximum atomic E-state index is 14.5. The summed E-state index contributed by atoms with van der Waals surface area (Å²) in [6.07, 6.45) is -0.0669. The highest BCUT2D eigenvalue weighted by Gasteiger charge is 2.30. The Morgan fingerprint density at radius 1 is 0.970 bits per heavy atom. The second kappa shape index (κ2) is 9.63. The fourth-order valence-electron chi connectivity index (χ4n) is 3.96. The molecule has 8 heteroatoms. The summed E-state index contributed by atoms with van der Waals surface area (Å²) in [6, 6.07) is 18.4. The van der Waals surface area contributed by atoms with Crippen LogP contribution in [-0.2, 0) is 16.4 Å². The zero-order valence-corrected chi connectivity index (χ0v) is 19.7. The summed E-state index contributed by atoms with van der Waals surface area (Å²) in [5.74, 6) is -1.24. The van der Waals surface area contributed by atoms with Crippen molar-refractivity contribution in [1.29, 1.82) is 0 Å². The largest absolute Gasteiger partial charge is 0.369 e. The van der Waals surface area contributed by atoms with Gasteiger partial charge >= 0.3 is 0 Å². The summed E-state index contributed by atoms with van der Waals surface area (Å²) >= 11 is 6.12. The molecule has 0 radical (unpaired) electrons. The number of carbonyl (C=O) groups is 1. The molecule has 5 nitrogen and oxygen atoms in total. The van der Waals surface area contributed by atoms with Crippen molar-refractivity contribution >= 4 is 33.1 Å². The molecule has 4 rings (SSSR count). The van der Waals surface area contributed by atoms with Crippen molar-refractivity contribution in [3.05, 3.63) is 94.3 Å². The lowest BCUT2D eigenvalue weighted by molar-refractivity contribution is 0.0988. The molecule has 0 bridgehead atoms. The van der Waals surface area contributed by atoms with Gasteiger partial charge in [0.2, 0.25) is 10.0 Å². The van der Waals surface area contributed by atoms with Crippen molar-refractivity contribution in [1.82, 2.24) is 4.31 Å². The Bertz CT molecular complexity index is 1270. The third-order valence-electron chi connectivity index (χ3n) is 5.97. The van der Waals surface area contributed by atoms with E-state index in [1.807, 2.05) is 30.3 Å². The number of piperazine rings is 1. The Hall–Kier alpha value is -2.74. The third-order valence-corrected chi connectivity index (χ3v) is 8.27. The predicted molar refractivity (Wildman–Crippen MR) is 128 cm³/mol. The van der Waals surface area contributed by atoms with E-state index in [1.165, 1.54) is 10.4 Å². The highest BCUT2D eigenvalue weighted by molar-refractivity contribution is 7.89. The predicted octanol–water partition coefficient (Wildman–Crippen LogP) is 4.72. The number of para-hydroxylation sites is 1. The van der Waals surface area contributed by atoms with E-state index >= 15 is 0 Å². The van der Waals surface area contributed by atoms with Gasteiger partial charge in [0.15, 0.2) is 5.78 Å². The number of hydrogen-bond acceptors (Lipinski definition) is 4. The number of halogens is 2. The molecule has 1 heterocycles. The van der Waals surface area contributed by atoms with Crippen molar-refractivity contribution < 1.29 is 17.6 Å². The van der Waals surface area contributed by atoms with Gasteiger partial charge in [0.25, 0.3) is 0 Å². The van der Waals surface area contributed by atoms with Gasteiger partial charge in [0, 0.05) is 43.3 Å². The van der Waals surface area contributed by atoms with Gasteiger partial charge < -0.3 is 4.90 Å². The number of ketones is 1. The second-order valence-electron chi connectivity index (χ2n) is 7.99. The zero-order chi connectivity index (χ0) is 23.6. The van der Waals surface area contributed by atoms with Crippen LogP contribution in [0, 0.1) is 12.7 Å². The monoisotopic (exact) mass is 486 g/mol. The number of benzene rings is 3. The SMILES string of the molecule is Cc1c(Cl)cccc1CC(=O)c1cc(S(=O)(=O)N2CCN(c3ccccc3)CC2)ccc1F. The van der Waals surface area contributed by atoms with Gasteiger partial charge in [0.05, 0.1) is 10.5 Å². The van der Waals surface area contributed by atoms with Crippen molar-refractivity contribution in [3.63, 3.8) is 0 Å². The maximum absolute atomic E-state index is 14.5. The first-order valence-electron chi connectivity index (χ1n) is 10.6. The average molecular weight is 487 g/mol. The van der Waals surface area contributed by atoms with E-state index in [-0.39, 0.29) is 16.9 Å². The van der Waals surface area contributed by atoms with Crippen molar-refractivity contribution in [3.8, 4) is 0 Å². The molecule has 0 saturated carbocycles. The van der Waals surface area contributed by atoms with E-state index in [1.54, 1.807) is 25.1 Å². The lowest BCUT2D eigenvalue weighted by Crippen LogP contribution is -2.48. The molecule has 1 aliphatic heterocycles. The van der Waals surface area contributed by atoms with Crippen LogP contribution in [0.4, 0.5) is 10.1 Å².